The molecule has 30 heavy (non-hydrogen) atoms. The molecule has 1 aliphatic heterocycles. The monoisotopic (exact) mass is 408 g/mol. The number of nitrogens with zero attached hydrogens (tertiary/aromatic N) is 2. The van der Waals surface area contributed by atoms with E-state index in [0.717, 1.165) is 48.0 Å². The minimum atomic E-state index is -0.237. The lowest BCUT2D eigenvalue weighted by Crippen LogP contribution is -2.50. The van der Waals surface area contributed by atoms with Gasteiger partial charge in [0.25, 0.3) is 5.91 Å². The van der Waals surface area contributed by atoms with Crippen LogP contribution in [0.15, 0.2) is 36.4 Å². The number of halogens is 1. The number of hydrogen-bond acceptors (Lipinski definition) is 3. The largest absolute Gasteiger partial charge is 0.348 e. The van der Waals surface area contributed by atoms with Gasteiger partial charge in [-0.1, -0.05) is 18.2 Å². The highest BCUT2D eigenvalue weighted by atomic mass is 19.1. The van der Waals surface area contributed by atoms with Crippen LogP contribution in [-0.4, -0.2) is 45.7 Å². The molecule has 0 atom stereocenters. The normalized spacial score (nSPS) is 16.2. The van der Waals surface area contributed by atoms with Gasteiger partial charge in [0.1, 0.15) is 5.82 Å². The Bertz CT molecular complexity index is 1070. The van der Waals surface area contributed by atoms with Gasteiger partial charge < -0.3 is 5.32 Å². The van der Waals surface area contributed by atoms with Crippen LogP contribution < -0.4 is 5.32 Å². The average molecular weight is 409 g/mol. The van der Waals surface area contributed by atoms with Gasteiger partial charge in [-0.05, 0) is 75.4 Å². The number of amides is 1. The number of rotatable bonds is 3. The van der Waals surface area contributed by atoms with Crippen molar-refractivity contribution in [2.24, 2.45) is 0 Å². The highest BCUT2D eigenvalue weighted by Crippen LogP contribution is 2.29. The third-order valence-electron chi connectivity index (χ3n) is 6.14. The Kier molecular flexibility index (Phi) is 5.36. The molecule has 1 saturated heterocycles. The summed E-state index contributed by atoms with van der Waals surface area (Å²) in [5.74, 6) is -0.400. The van der Waals surface area contributed by atoms with Crippen LogP contribution in [0.1, 0.15) is 49.7 Å². The van der Waals surface area contributed by atoms with Gasteiger partial charge in [0, 0.05) is 30.1 Å². The highest BCUT2D eigenvalue weighted by molar-refractivity contribution is 6.05. The van der Waals surface area contributed by atoms with Crippen LogP contribution in [0.4, 0.5) is 4.39 Å². The summed E-state index contributed by atoms with van der Waals surface area (Å²) >= 11 is 0. The molecule has 0 unspecified atom stereocenters. The summed E-state index contributed by atoms with van der Waals surface area (Å²) in [5, 5.41) is 11.1. The molecule has 0 radical (unpaired) electrons. The third kappa shape index (κ3) is 3.97. The molecule has 2 heterocycles. The number of aromatic nitrogens is 2. The van der Waals surface area contributed by atoms with Crippen molar-refractivity contribution in [3.8, 4) is 11.1 Å². The Labute approximate surface area is 176 Å². The zero-order chi connectivity index (χ0) is 21.5. The first-order valence-corrected chi connectivity index (χ1v) is 10.5. The standard InChI is InChI=1S/C24H29FN4O/c1-15-18(6-5-7-20(15)25)16-8-9-21-19(14-16)22(28-27-21)23(30)26-17-10-12-29(13-11-17)24(2,3)4/h5-9,14,17H,10-13H2,1-4H3,(H,26,30)(H,27,28). The molecule has 1 amide bonds. The molecule has 1 aliphatic rings. The number of H-pyrrole nitrogens is 1. The van der Waals surface area contributed by atoms with Crippen LogP contribution in [0.3, 0.4) is 0 Å². The molecule has 1 aromatic heterocycles. The Morgan fingerprint density at radius 2 is 1.93 bits per heavy atom. The molecular formula is C24H29FN4O. The van der Waals surface area contributed by atoms with Gasteiger partial charge in [-0.25, -0.2) is 4.39 Å². The van der Waals surface area contributed by atoms with Gasteiger partial charge >= 0.3 is 0 Å². The van der Waals surface area contributed by atoms with Crippen molar-refractivity contribution in [3.63, 3.8) is 0 Å². The van der Waals surface area contributed by atoms with E-state index in [1.165, 1.54) is 6.07 Å². The number of benzene rings is 2. The fraction of sp³-hybridized carbons (Fsp3) is 0.417. The number of aromatic amines is 1. The van der Waals surface area contributed by atoms with E-state index >= 15 is 0 Å². The fourth-order valence-corrected chi connectivity index (χ4v) is 4.22. The van der Waals surface area contributed by atoms with Crippen LogP contribution in [0.25, 0.3) is 22.0 Å². The van der Waals surface area contributed by atoms with E-state index in [-0.39, 0.29) is 23.3 Å². The first-order chi connectivity index (χ1) is 14.2. The minimum Gasteiger partial charge on any atom is -0.348 e. The second-order valence-electron chi connectivity index (χ2n) is 9.15. The topological polar surface area (TPSA) is 61.0 Å². The summed E-state index contributed by atoms with van der Waals surface area (Å²) in [4.78, 5) is 15.4. The molecule has 2 N–H and O–H groups in total. The van der Waals surface area contributed by atoms with E-state index in [4.69, 9.17) is 0 Å². The molecule has 0 spiro atoms. The van der Waals surface area contributed by atoms with Crippen molar-refractivity contribution in [3.05, 3.63) is 53.5 Å². The fourth-order valence-electron chi connectivity index (χ4n) is 4.22. The molecule has 0 saturated carbocycles. The Morgan fingerprint density at radius 1 is 1.20 bits per heavy atom. The Balaban J connectivity index is 1.55. The van der Waals surface area contributed by atoms with Gasteiger partial charge in [0.05, 0.1) is 5.52 Å². The van der Waals surface area contributed by atoms with E-state index in [0.29, 0.717) is 11.3 Å². The molecule has 5 nitrogen and oxygen atoms in total. The van der Waals surface area contributed by atoms with E-state index in [9.17, 15) is 9.18 Å². The average Bonchev–Trinajstić information content (AvgIpc) is 3.13. The number of hydrogen-bond donors (Lipinski definition) is 2. The third-order valence-corrected chi connectivity index (χ3v) is 6.14. The minimum absolute atomic E-state index is 0.150. The predicted molar refractivity (Wildman–Crippen MR) is 118 cm³/mol. The highest BCUT2D eigenvalue weighted by Gasteiger charge is 2.28. The van der Waals surface area contributed by atoms with E-state index < -0.39 is 0 Å². The predicted octanol–water partition coefficient (Wildman–Crippen LogP) is 4.67. The molecule has 158 valence electrons. The smallest absolute Gasteiger partial charge is 0.272 e. The Hall–Kier alpha value is -2.73. The zero-order valence-electron chi connectivity index (χ0n) is 18.1. The lowest BCUT2D eigenvalue weighted by molar-refractivity contribution is 0.0810. The first kappa shape index (κ1) is 20.5. The van der Waals surface area contributed by atoms with Crippen LogP contribution in [0.2, 0.25) is 0 Å². The van der Waals surface area contributed by atoms with Crippen LogP contribution >= 0.6 is 0 Å². The lowest BCUT2D eigenvalue weighted by Gasteiger charge is -2.40. The molecule has 0 bridgehead atoms. The van der Waals surface area contributed by atoms with Crippen molar-refractivity contribution >= 4 is 16.8 Å². The van der Waals surface area contributed by atoms with E-state index in [1.807, 2.05) is 24.3 Å². The second-order valence-corrected chi connectivity index (χ2v) is 9.15. The summed E-state index contributed by atoms with van der Waals surface area (Å²) in [7, 11) is 0. The van der Waals surface area contributed by atoms with Gasteiger partial charge in [-0.15, -0.1) is 0 Å². The summed E-state index contributed by atoms with van der Waals surface area (Å²) < 4.78 is 14.0. The summed E-state index contributed by atoms with van der Waals surface area (Å²) in [6.07, 6.45) is 1.86. The van der Waals surface area contributed by atoms with Crippen LogP contribution in [-0.2, 0) is 0 Å². The van der Waals surface area contributed by atoms with Crippen LogP contribution in [0, 0.1) is 12.7 Å². The van der Waals surface area contributed by atoms with Crippen molar-refractivity contribution in [1.29, 1.82) is 0 Å². The molecule has 1 fully saturated rings. The van der Waals surface area contributed by atoms with Gasteiger partial charge in [-0.2, -0.15) is 5.10 Å². The maximum atomic E-state index is 14.0. The summed E-state index contributed by atoms with van der Waals surface area (Å²) in [5.41, 5.74) is 3.61. The number of carbonyl (C=O) groups excluding carboxylic acids is 1. The molecule has 0 aliphatic carbocycles. The van der Waals surface area contributed by atoms with Crippen molar-refractivity contribution in [2.75, 3.05) is 13.1 Å². The molecule has 6 heteroatoms. The van der Waals surface area contributed by atoms with Gasteiger partial charge in [-0.3, -0.25) is 14.8 Å². The van der Waals surface area contributed by atoms with E-state index in [1.54, 1.807) is 13.0 Å². The zero-order valence-corrected chi connectivity index (χ0v) is 18.1. The van der Waals surface area contributed by atoms with Crippen molar-refractivity contribution in [1.82, 2.24) is 20.4 Å². The molecule has 2 aromatic carbocycles. The van der Waals surface area contributed by atoms with Crippen molar-refractivity contribution < 1.29 is 9.18 Å². The number of nitrogens with one attached hydrogen (secondary N) is 2. The summed E-state index contributed by atoms with van der Waals surface area (Å²) in [6.45, 7) is 10.4. The summed E-state index contributed by atoms with van der Waals surface area (Å²) in [6, 6.07) is 10.9. The number of likely N-dealkylation sites (tertiary alicyclic amines) is 1. The SMILES string of the molecule is Cc1c(F)cccc1-c1ccc2[nH]nc(C(=O)NC3CCN(C(C)(C)C)CC3)c2c1. The molecule has 4 rings (SSSR count). The van der Waals surface area contributed by atoms with E-state index in [2.05, 4.69) is 41.2 Å². The number of fused-ring (bicyclic) bond motifs is 1. The second kappa shape index (κ2) is 7.84. The first-order valence-electron chi connectivity index (χ1n) is 10.5. The maximum Gasteiger partial charge on any atom is 0.272 e. The molecular weight excluding hydrogens is 379 g/mol. The Morgan fingerprint density at radius 3 is 2.63 bits per heavy atom. The van der Waals surface area contributed by atoms with Gasteiger partial charge in [0.15, 0.2) is 5.69 Å². The number of piperidine rings is 1. The lowest BCUT2D eigenvalue weighted by atomic mass is 9.97. The number of carbonyl (C=O) groups is 1. The maximum absolute atomic E-state index is 14.0. The van der Waals surface area contributed by atoms with Crippen LogP contribution in [0.5, 0.6) is 0 Å². The van der Waals surface area contributed by atoms with Crippen molar-refractivity contribution in [2.45, 2.75) is 52.1 Å². The molecule has 3 aromatic rings. The van der Waals surface area contributed by atoms with Gasteiger partial charge in [0.2, 0.25) is 0 Å². The quantitative estimate of drug-likeness (QED) is 0.662.